The standard InChI is InChI=1S/C14H29N3O/c1-4-15-14(17(2)3)16-11-8-12-18-13-9-6-5-7-10-13/h13H,4-12H2,1-3H3,(H,15,16). The predicted octanol–water partition coefficient (Wildman–Crippen LogP) is 2.25. The summed E-state index contributed by atoms with van der Waals surface area (Å²) in [5, 5.41) is 3.26. The molecule has 18 heavy (non-hydrogen) atoms. The van der Waals surface area contributed by atoms with E-state index < -0.39 is 0 Å². The summed E-state index contributed by atoms with van der Waals surface area (Å²) in [4.78, 5) is 6.57. The average Bonchev–Trinajstić information content (AvgIpc) is 2.38. The number of aliphatic imine (C=N–C) groups is 1. The molecule has 106 valence electrons. The van der Waals surface area contributed by atoms with Gasteiger partial charge in [0, 0.05) is 33.8 Å². The molecule has 0 aromatic carbocycles. The molecule has 1 fully saturated rings. The quantitative estimate of drug-likeness (QED) is 0.449. The van der Waals surface area contributed by atoms with Gasteiger partial charge in [-0.2, -0.15) is 0 Å². The van der Waals surface area contributed by atoms with Crippen LogP contribution >= 0.6 is 0 Å². The van der Waals surface area contributed by atoms with Gasteiger partial charge in [-0.15, -0.1) is 0 Å². The molecule has 0 aromatic heterocycles. The zero-order valence-electron chi connectivity index (χ0n) is 12.2. The maximum atomic E-state index is 5.88. The molecule has 4 nitrogen and oxygen atoms in total. The minimum absolute atomic E-state index is 0.518. The first kappa shape index (κ1) is 15.3. The minimum atomic E-state index is 0.518. The molecular formula is C14H29N3O. The van der Waals surface area contributed by atoms with Crippen molar-refractivity contribution < 1.29 is 4.74 Å². The second kappa shape index (κ2) is 9.20. The molecule has 4 heteroatoms. The van der Waals surface area contributed by atoms with Crippen LogP contribution in [-0.2, 0) is 4.74 Å². The molecule has 1 aliphatic rings. The number of nitrogens with one attached hydrogen (secondary N) is 1. The van der Waals surface area contributed by atoms with Crippen molar-refractivity contribution >= 4 is 5.96 Å². The molecule has 0 aliphatic heterocycles. The van der Waals surface area contributed by atoms with Crippen LogP contribution in [0.25, 0.3) is 0 Å². The Morgan fingerprint density at radius 1 is 1.28 bits per heavy atom. The molecule has 0 aromatic rings. The average molecular weight is 255 g/mol. The second-order valence-electron chi connectivity index (χ2n) is 5.11. The van der Waals surface area contributed by atoms with Crippen molar-refractivity contribution in [3.63, 3.8) is 0 Å². The third-order valence-electron chi connectivity index (χ3n) is 3.23. The van der Waals surface area contributed by atoms with Gasteiger partial charge >= 0.3 is 0 Å². The summed E-state index contributed by atoms with van der Waals surface area (Å²) in [6.07, 6.45) is 8.11. The van der Waals surface area contributed by atoms with Gasteiger partial charge in [0.2, 0.25) is 0 Å². The van der Waals surface area contributed by atoms with Crippen LogP contribution in [0.3, 0.4) is 0 Å². The van der Waals surface area contributed by atoms with Crippen molar-refractivity contribution in [2.75, 3.05) is 33.8 Å². The van der Waals surface area contributed by atoms with Gasteiger partial charge < -0.3 is 15.0 Å². The Hall–Kier alpha value is -0.770. The molecule has 1 rings (SSSR count). The van der Waals surface area contributed by atoms with Crippen LogP contribution < -0.4 is 5.32 Å². The minimum Gasteiger partial charge on any atom is -0.378 e. The van der Waals surface area contributed by atoms with Gasteiger partial charge in [0.25, 0.3) is 0 Å². The van der Waals surface area contributed by atoms with E-state index in [1.165, 1.54) is 32.1 Å². The lowest BCUT2D eigenvalue weighted by Crippen LogP contribution is -2.36. The molecule has 1 N–H and O–H groups in total. The summed E-state index contributed by atoms with van der Waals surface area (Å²) < 4.78 is 5.88. The van der Waals surface area contributed by atoms with E-state index in [4.69, 9.17) is 4.74 Å². The second-order valence-corrected chi connectivity index (χ2v) is 5.11. The van der Waals surface area contributed by atoms with Gasteiger partial charge in [-0.25, -0.2) is 0 Å². The van der Waals surface area contributed by atoms with Gasteiger partial charge in [0.15, 0.2) is 5.96 Å². The van der Waals surface area contributed by atoms with Crippen LogP contribution in [-0.4, -0.2) is 50.8 Å². The number of hydrogen-bond donors (Lipinski definition) is 1. The number of rotatable bonds is 6. The lowest BCUT2D eigenvalue weighted by molar-refractivity contribution is 0.0281. The Morgan fingerprint density at radius 3 is 2.61 bits per heavy atom. The summed E-state index contributed by atoms with van der Waals surface area (Å²) >= 11 is 0. The first-order chi connectivity index (χ1) is 8.74. The van der Waals surface area contributed by atoms with E-state index in [1.54, 1.807) is 0 Å². The molecule has 1 saturated carbocycles. The first-order valence-corrected chi connectivity index (χ1v) is 7.31. The Balaban J connectivity index is 2.10. The van der Waals surface area contributed by atoms with Crippen molar-refractivity contribution in [1.29, 1.82) is 0 Å². The topological polar surface area (TPSA) is 36.9 Å². The number of ether oxygens (including phenoxy) is 1. The first-order valence-electron chi connectivity index (χ1n) is 7.31. The van der Waals surface area contributed by atoms with Gasteiger partial charge in [-0.3, -0.25) is 4.99 Å². The molecule has 0 atom stereocenters. The van der Waals surface area contributed by atoms with Crippen LogP contribution in [0, 0.1) is 0 Å². The lowest BCUT2D eigenvalue weighted by atomic mass is 9.98. The molecule has 0 unspecified atom stereocenters. The van der Waals surface area contributed by atoms with E-state index in [0.29, 0.717) is 6.10 Å². The van der Waals surface area contributed by atoms with E-state index in [0.717, 1.165) is 32.1 Å². The Kier molecular flexibility index (Phi) is 7.81. The van der Waals surface area contributed by atoms with Crippen molar-refractivity contribution in [1.82, 2.24) is 10.2 Å². The molecule has 0 heterocycles. The summed E-state index contributed by atoms with van der Waals surface area (Å²) in [5.74, 6) is 0.968. The van der Waals surface area contributed by atoms with Crippen LogP contribution in [0.4, 0.5) is 0 Å². The highest BCUT2D eigenvalue weighted by atomic mass is 16.5. The van der Waals surface area contributed by atoms with E-state index in [9.17, 15) is 0 Å². The molecule has 0 spiro atoms. The summed E-state index contributed by atoms with van der Waals surface area (Å²) in [7, 11) is 4.03. The van der Waals surface area contributed by atoms with E-state index >= 15 is 0 Å². The third-order valence-corrected chi connectivity index (χ3v) is 3.23. The highest BCUT2D eigenvalue weighted by Crippen LogP contribution is 2.20. The van der Waals surface area contributed by atoms with Gasteiger partial charge in [0.05, 0.1) is 6.10 Å². The SMILES string of the molecule is CCNC(=NCCCOC1CCCCC1)N(C)C. The zero-order chi connectivity index (χ0) is 13.2. The summed E-state index contributed by atoms with van der Waals surface area (Å²) in [6.45, 7) is 4.69. The lowest BCUT2D eigenvalue weighted by Gasteiger charge is -2.21. The number of hydrogen-bond acceptors (Lipinski definition) is 2. The van der Waals surface area contributed by atoms with Crippen molar-refractivity contribution in [2.24, 2.45) is 4.99 Å². The van der Waals surface area contributed by atoms with Crippen LogP contribution in [0.15, 0.2) is 4.99 Å². The molecular weight excluding hydrogens is 226 g/mol. The van der Waals surface area contributed by atoms with E-state index in [2.05, 4.69) is 17.2 Å². The third kappa shape index (κ3) is 6.24. The normalized spacial score (nSPS) is 17.8. The molecule has 0 radical (unpaired) electrons. The fraction of sp³-hybridized carbons (Fsp3) is 0.929. The highest BCUT2D eigenvalue weighted by molar-refractivity contribution is 5.79. The van der Waals surface area contributed by atoms with Crippen LogP contribution in [0.2, 0.25) is 0 Å². The van der Waals surface area contributed by atoms with E-state index in [1.807, 2.05) is 19.0 Å². The Morgan fingerprint density at radius 2 is 2.00 bits per heavy atom. The fourth-order valence-electron chi connectivity index (χ4n) is 2.24. The maximum Gasteiger partial charge on any atom is 0.193 e. The highest BCUT2D eigenvalue weighted by Gasteiger charge is 2.12. The van der Waals surface area contributed by atoms with Crippen molar-refractivity contribution in [3.05, 3.63) is 0 Å². The summed E-state index contributed by atoms with van der Waals surface area (Å²) in [5.41, 5.74) is 0. The van der Waals surface area contributed by atoms with Gasteiger partial charge in [-0.1, -0.05) is 19.3 Å². The largest absolute Gasteiger partial charge is 0.378 e. The zero-order valence-corrected chi connectivity index (χ0v) is 12.2. The van der Waals surface area contributed by atoms with Gasteiger partial charge in [0.1, 0.15) is 0 Å². The molecule has 0 amide bonds. The van der Waals surface area contributed by atoms with Gasteiger partial charge in [-0.05, 0) is 26.2 Å². The molecule has 0 bridgehead atoms. The van der Waals surface area contributed by atoms with E-state index in [-0.39, 0.29) is 0 Å². The predicted molar refractivity (Wildman–Crippen MR) is 77.1 cm³/mol. The van der Waals surface area contributed by atoms with Crippen LogP contribution in [0.5, 0.6) is 0 Å². The summed E-state index contributed by atoms with van der Waals surface area (Å²) in [6, 6.07) is 0. The number of nitrogens with zero attached hydrogens (tertiary/aromatic N) is 2. The number of guanidine groups is 1. The molecule has 1 aliphatic carbocycles. The molecule has 0 saturated heterocycles. The Labute approximate surface area is 112 Å². The Bertz CT molecular complexity index is 235. The fourth-order valence-corrected chi connectivity index (χ4v) is 2.24. The van der Waals surface area contributed by atoms with Crippen LogP contribution in [0.1, 0.15) is 45.4 Å². The smallest absolute Gasteiger partial charge is 0.193 e. The maximum absolute atomic E-state index is 5.88. The van der Waals surface area contributed by atoms with Crippen molar-refractivity contribution in [3.8, 4) is 0 Å². The van der Waals surface area contributed by atoms with Crippen molar-refractivity contribution in [2.45, 2.75) is 51.6 Å². The monoisotopic (exact) mass is 255 g/mol.